The first-order chi connectivity index (χ1) is 65.8. The summed E-state index contributed by atoms with van der Waals surface area (Å²) in [5.41, 5.74) is 24.8. The number of ether oxygens (including phenoxy) is 1. The van der Waals surface area contributed by atoms with Crippen LogP contribution in [0.4, 0.5) is 88.2 Å². The van der Waals surface area contributed by atoms with E-state index >= 15 is 0 Å². The lowest BCUT2D eigenvalue weighted by molar-refractivity contribution is -0.144. The van der Waals surface area contributed by atoms with Crippen molar-refractivity contribution in [1.82, 2.24) is 89.8 Å². The number of anilines is 13. The molecule has 37 nitrogen and oxygen atoms in total. The molecule has 135 heavy (non-hydrogen) atoms. The van der Waals surface area contributed by atoms with E-state index in [1.165, 1.54) is 0 Å². The molecule has 0 unspecified atom stereocenters. The van der Waals surface area contributed by atoms with Gasteiger partial charge in [0.25, 0.3) is 5.82 Å². The SMILES string of the molecule is Cc1nnnn1-c1ccc(Nc2nccc(-c3ccc(N4CCC(O)CC4)c(C#N)c3)n2)cc1.N#Cc1cc(-c2ccnc(Nc3ccc(-n4cnc(C(F)(F)F)n4)cc3)n2)ccc1N1CCC(O)CC1.N#Cc1cc(-c2ccnc(Nc3ccc(C4=NCN=N4)cc3)n2)ccc1N1CCC(O)CC1.Nc1cc(-c2ccnc(Nc3ccc(-n4ccnn4)cc3)n2)cc(N2CCOCC2)c1. The molecular weight excluding hydrogens is 1720 g/mol. The fourth-order valence-corrected chi connectivity index (χ4v) is 15.6. The maximum atomic E-state index is 12.8. The average molecular weight is 1810 g/mol. The highest BCUT2D eigenvalue weighted by molar-refractivity contribution is 6.00. The molecule has 4 fully saturated rings. The minimum Gasteiger partial charge on any atom is -0.399 e. The molecule has 20 rings (SSSR count). The monoisotopic (exact) mass is 1810 g/mol. The Kier molecular flexibility index (Phi) is 27.9. The normalized spacial score (nSPS) is 14.6. The maximum Gasteiger partial charge on any atom is 0.453 e. The van der Waals surface area contributed by atoms with E-state index < -0.39 is 12.0 Å². The lowest BCUT2D eigenvalue weighted by Gasteiger charge is -2.32. The Morgan fingerprint density at radius 1 is 0.430 bits per heavy atom. The largest absolute Gasteiger partial charge is 0.453 e. The molecule has 7 aromatic heterocycles. The van der Waals surface area contributed by atoms with Crippen LogP contribution in [0.25, 0.3) is 62.1 Å². The Balaban J connectivity index is 0.000000125. The van der Waals surface area contributed by atoms with Gasteiger partial charge in [-0.15, -0.1) is 20.4 Å². The van der Waals surface area contributed by atoms with Crippen molar-refractivity contribution in [2.45, 2.75) is 69.9 Å². The molecule has 15 aromatic rings. The second-order valence-corrected chi connectivity index (χ2v) is 31.7. The predicted octanol–water partition coefficient (Wildman–Crippen LogP) is 14.1. The van der Waals surface area contributed by atoms with Crippen molar-refractivity contribution in [3.8, 4) is 80.3 Å². The van der Waals surface area contributed by atoms with E-state index in [2.05, 4.69) is 156 Å². The molecule has 9 N–H and O–H groups in total. The van der Waals surface area contributed by atoms with Crippen LogP contribution in [-0.2, 0) is 10.9 Å². The molecule has 0 spiro atoms. The number of benzene rings is 8. The van der Waals surface area contributed by atoms with Crippen LogP contribution >= 0.6 is 0 Å². The fraction of sp³-hybridized carbons (Fsp3) is 0.232. The average Bonchev–Trinajstić information content (AvgIpc) is 1.26. The number of aryl methyl sites for hydroxylation is 1. The number of aromatic nitrogens is 18. The molecule has 5 aliphatic heterocycles. The Morgan fingerprint density at radius 2 is 0.837 bits per heavy atom. The zero-order valence-corrected chi connectivity index (χ0v) is 72.8. The molecule has 0 atom stereocenters. The van der Waals surface area contributed by atoms with Gasteiger partial charge in [-0.1, -0.05) is 23.4 Å². The van der Waals surface area contributed by atoms with Gasteiger partial charge in [0.15, 0.2) is 18.3 Å². The van der Waals surface area contributed by atoms with E-state index in [1.807, 2.05) is 159 Å². The number of morpholine rings is 1. The number of hydrogen-bond acceptors (Lipinski definition) is 34. The molecule has 0 radical (unpaired) electrons. The highest BCUT2D eigenvalue weighted by Crippen LogP contribution is 2.36. The van der Waals surface area contributed by atoms with Crippen LogP contribution in [0.1, 0.15) is 72.4 Å². The van der Waals surface area contributed by atoms with Crippen LogP contribution in [0.15, 0.2) is 253 Å². The van der Waals surface area contributed by atoms with E-state index in [0.717, 1.165) is 160 Å². The van der Waals surface area contributed by atoms with Crippen molar-refractivity contribution in [2.24, 2.45) is 15.2 Å². The van der Waals surface area contributed by atoms with Gasteiger partial charge in [0, 0.05) is 139 Å². The van der Waals surface area contributed by atoms with Gasteiger partial charge in [-0.25, -0.2) is 59.2 Å². The van der Waals surface area contributed by atoms with Crippen molar-refractivity contribution >= 4 is 80.8 Å². The second kappa shape index (κ2) is 41.8. The summed E-state index contributed by atoms with van der Waals surface area (Å²) in [5.74, 6) is 1.89. The van der Waals surface area contributed by atoms with Crippen LogP contribution in [0, 0.1) is 40.9 Å². The zero-order chi connectivity index (χ0) is 93.2. The number of azo groups is 1. The molecular formula is C95H88F3N33O4. The van der Waals surface area contributed by atoms with Crippen molar-refractivity contribution in [3.05, 3.63) is 272 Å². The molecule has 12 heterocycles. The Hall–Kier alpha value is -17.0. The van der Waals surface area contributed by atoms with Gasteiger partial charge in [-0.05, 0) is 232 Å². The van der Waals surface area contributed by atoms with E-state index in [-0.39, 0.29) is 18.3 Å². The summed E-state index contributed by atoms with van der Waals surface area (Å²) in [6.45, 7) is 9.71. The van der Waals surface area contributed by atoms with Crippen LogP contribution in [0.3, 0.4) is 0 Å². The third-order valence-electron chi connectivity index (χ3n) is 22.7. The topological polar surface area (TPSA) is 474 Å². The molecule has 40 heteroatoms. The number of nitriles is 3. The third-order valence-corrected chi connectivity index (χ3v) is 22.7. The van der Waals surface area contributed by atoms with Crippen LogP contribution in [0.5, 0.6) is 0 Å². The summed E-state index contributed by atoms with van der Waals surface area (Å²) in [4.78, 5) is 52.0. The van der Waals surface area contributed by atoms with Crippen molar-refractivity contribution in [2.75, 3.05) is 119 Å². The van der Waals surface area contributed by atoms with Crippen molar-refractivity contribution in [1.29, 1.82) is 15.8 Å². The first-order valence-electron chi connectivity index (χ1n) is 43.3. The summed E-state index contributed by atoms with van der Waals surface area (Å²) in [7, 11) is 0. The third kappa shape index (κ3) is 22.7. The van der Waals surface area contributed by atoms with Gasteiger partial charge in [0.05, 0.1) is 118 Å². The summed E-state index contributed by atoms with van der Waals surface area (Å²) in [6, 6.07) is 67.0. The standard InChI is InChI=1S/C25H21F3N8O.C24H23N9O.C24H22N8O.C22H22N8O/c26-25(27,28)23-31-15-36(34-23)19-4-2-18(3-5-19)32-24-30-10-7-21(33-24)16-1-6-22(17(13-16)14-29)35-11-8-20(37)9-12-35;1-16-29-30-31-33(16)20-5-3-19(4-6-20)27-24-26-11-8-22(28-24)17-2-7-23(18(14-17)15-25)32-12-9-21(34)10-13-32;25-14-18-13-17(3-6-22(18)32-11-8-20(33)9-12-32)21-7-10-26-24(30-21)29-19-4-1-16(2-5-19)23-27-15-28-31-23;23-17-13-16(14-20(15-17)29-9-11-31-12-10-29)21-5-6-24-22(27-21)26-18-1-3-19(4-2-18)30-8-7-25-28-30/h1-7,10,13,15,20,37H,8-9,11-12H2,(H,30,32,33);2-8,11,14,21,34H,9-10,12-13H2,1H3,(H,26,27,28);1-7,10,13,20,33H,8-9,11-12,15H2,(H,26,29,30);1-8,13-15H,9-12,23H2,(H,24,26,27). The van der Waals surface area contributed by atoms with Crippen LogP contribution in [0.2, 0.25) is 0 Å². The molecule has 8 aromatic carbocycles. The first-order valence-corrected chi connectivity index (χ1v) is 43.3. The van der Waals surface area contributed by atoms with Crippen LogP contribution in [-0.4, -0.2) is 202 Å². The molecule has 678 valence electrons. The van der Waals surface area contributed by atoms with Crippen molar-refractivity contribution in [3.63, 3.8) is 0 Å². The highest BCUT2D eigenvalue weighted by atomic mass is 19.4. The number of aliphatic imine (C=N–C) groups is 1. The number of amidine groups is 1. The van der Waals surface area contributed by atoms with Gasteiger partial charge in [-0.3, -0.25) is 0 Å². The van der Waals surface area contributed by atoms with Crippen LogP contribution < -0.4 is 46.6 Å². The lowest BCUT2D eigenvalue weighted by atomic mass is 10.0. The molecule has 0 saturated carbocycles. The van der Waals surface area contributed by atoms with E-state index in [4.69, 9.17) is 10.5 Å². The molecule has 4 saturated heterocycles. The second-order valence-electron chi connectivity index (χ2n) is 31.7. The van der Waals surface area contributed by atoms with Gasteiger partial charge < -0.3 is 66.7 Å². The number of aliphatic hydroxyl groups excluding tert-OH is 3. The number of alkyl halides is 3. The number of piperidine rings is 3. The number of halogens is 3. The number of nitrogen functional groups attached to an aromatic ring is 1. The number of tetrazole rings is 1. The number of aliphatic hydroxyl groups is 3. The molecule has 0 bridgehead atoms. The number of nitrogens with zero attached hydrogens (tertiary/aromatic N) is 28. The number of rotatable bonds is 20. The smallest absolute Gasteiger partial charge is 0.399 e. The van der Waals surface area contributed by atoms with E-state index in [1.54, 1.807) is 82.9 Å². The minimum absolute atomic E-state index is 0.254. The predicted molar refractivity (Wildman–Crippen MR) is 501 cm³/mol. The number of nitrogens with two attached hydrogens (primary N) is 1. The van der Waals surface area contributed by atoms with E-state index in [0.29, 0.717) is 133 Å². The summed E-state index contributed by atoms with van der Waals surface area (Å²) < 4.78 is 48.1. The fourth-order valence-electron chi connectivity index (χ4n) is 15.6. The van der Waals surface area contributed by atoms with Gasteiger partial charge >= 0.3 is 6.18 Å². The molecule has 5 aliphatic rings. The summed E-state index contributed by atoms with van der Waals surface area (Å²) in [5, 5.41) is 102. The van der Waals surface area contributed by atoms with Gasteiger partial charge in [0.1, 0.15) is 24.5 Å². The zero-order valence-electron chi connectivity index (χ0n) is 72.8. The van der Waals surface area contributed by atoms with Gasteiger partial charge in [-0.2, -0.15) is 38.8 Å². The molecule has 0 amide bonds. The minimum atomic E-state index is -4.61. The molecule has 0 aliphatic carbocycles. The summed E-state index contributed by atoms with van der Waals surface area (Å²) >= 11 is 0. The Morgan fingerprint density at radius 3 is 1.21 bits per heavy atom. The highest BCUT2D eigenvalue weighted by Gasteiger charge is 2.36. The van der Waals surface area contributed by atoms with E-state index in [9.17, 15) is 44.3 Å². The quantitative estimate of drug-likeness (QED) is 0.0329. The Labute approximate surface area is 771 Å². The first kappa shape index (κ1) is 90.0. The van der Waals surface area contributed by atoms with Gasteiger partial charge in [0.2, 0.25) is 23.8 Å². The number of hydrogen-bond donors (Lipinski definition) is 8. The maximum absolute atomic E-state index is 12.8. The van der Waals surface area contributed by atoms with Crippen molar-refractivity contribution < 1.29 is 33.2 Å². The number of nitrogens with one attached hydrogen (secondary N) is 4. The summed E-state index contributed by atoms with van der Waals surface area (Å²) in [6.07, 6.45) is 9.94. The Bertz CT molecular complexity index is 6810. The lowest BCUT2D eigenvalue weighted by Crippen LogP contribution is -2.36.